The van der Waals surface area contributed by atoms with Crippen LogP contribution in [0.2, 0.25) is 0 Å². The van der Waals surface area contributed by atoms with E-state index in [-0.39, 0.29) is 41.4 Å². The van der Waals surface area contributed by atoms with E-state index in [1.54, 1.807) is 39.8 Å². The Bertz CT molecular complexity index is 2340. The summed E-state index contributed by atoms with van der Waals surface area (Å²) in [5.41, 5.74) is 4.40. The van der Waals surface area contributed by atoms with Crippen LogP contribution in [0.4, 0.5) is 39.0 Å². The van der Waals surface area contributed by atoms with Crippen molar-refractivity contribution in [2.75, 3.05) is 4.93 Å². The first kappa shape index (κ1) is 72.1. The number of halogens is 11. The summed E-state index contributed by atoms with van der Waals surface area (Å²) in [6, 6.07) is 18.1. The molecule has 1 N–H and O–H groups in total. The van der Waals surface area contributed by atoms with E-state index in [4.69, 9.17) is 24.1 Å². The summed E-state index contributed by atoms with van der Waals surface area (Å²) < 4.78 is 85.6. The van der Waals surface area contributed by atoms with Crippen LogP contribution >= 0.6 is 107 Å². The van der Waals surface area contributed by atoms with Crippen LogP contribution < -0.4 is 13.3 Å². The topological polar surface area (TPSA) is 242 Å². The van der Waals surface area contributed by atoms with Crippen LogP contribution in [-0.4, -0.2) is 38.8 Å². The van der Waals surface area contributed by atoms with Crippen LogP contribution in [0.1, 0.15) is 44.5 Å². The zero-order chi connectivity index (χ0) is 52.7. The average molecular weight is 1590 g/mol. The fourth-order valence-corrected chi connectivity index (χ4v) is 5.41. The van der Waals surface area contributed by atoms with Gasteiger partial charge in [0.15, 0.2) is 0 Å². The molecule has 5 aromatic carbocycles. The Hall–Kier alpha value is -2.49. The van der Waals surface area contributed by atoms with E-state index in [9.17, 15) is 52.3 Å². The largest absolute Gasteiger partial charge is 0.749 e. The first-order valence-electron chi connectivity index (χ1n) is 17.5. The van der Waals surface area contributed by atoms with E-state index in [1.807, 2.05) is 31.8 Å². The molecule has 0 aromatic heterocycles. The van der Waals surface area contributed by atoms with E-state index in [2.05, 4.69) is 75.4 Å². The SMILES string of the molecule is CI.Cc1cc(F)c([N+](=O)[O-])cc1C.Cc1cc(F)c([N+](=O)[O-])cc1CSc1cc([N+](=O)[O-])c(F)cc1C.Cc1ccc(F)cc1C.Cc1cccc(F)c1.I.I[I-]I.O=S([O-])OCl.O=[N+]([O-])O. The second-order valence-electron chi connectivity index (χ2n) is 12.3. The molecule has 0 aliphatic carbocycles. The van der Waals surface area contributed by atoms with Gasteiger partial charge in [0.05, 0.1) is 26.6 Å². The van der Waals surface area contributed by atoms with E-state index >= 15 is 0 Å². The Balaban J connectivity index is -0.000000392. The Morgan fingerprint density at radius 3 is 1.37 bits per heavy atom. The van der Waals surface area contributed by atoms with Crippen LogP contribution in [0.25, 0.3) is 0 Å². The molecule has 0 saturated carbocycles. The number of hydrogen-bond donors (Lipinski definition) is 1. The van der Waals surface area contributed by atoms with Crippen molar-refractivity contribution in [2.45, 2.75) is 59.1 Å². The van der Waals surface area contributed by atoms with E-state index in [0.29, 0.717) is 34.8 Å². The minimum atomic E-state index is -2.56. The molecule has 0 bridgehead atoms. The van der Waals surface area contributed by atoms with Crippen LogP contribution in [0, 0.1) is 118 Å². The van der Waals surface area contributed by atoms with Gasteiger partial charge < -0.3 is 9.76 Å². The summed E-state index contributed by atoms with van der Waals surface area (Å²) in [4.78, 5) is 40.3. The summed E-state index contributed by atoms with van der Waals surface area (Å²) in [6.07, 6.45) is 0. The van der Waals surface area contributed by atoms with Gasteiger partial charge in [0, 0.05) is 28.8 Å². The molecule has 68 heavy (non-hydrogen) atoms. The third-order valence-corrected chi connectivity index (χ3v) is 9.30. The van der Waals surface area contributed by atoms with Crippen molar-refractivity contribution in [3.63, 3.8) is 0 Å². The Labute approximate surface area is 460 Å². The molecular weight excluding hydrogens is 1550 g/mol. The van der Waals surface area contributed by atoms with Crippen molar-refractivity contribution in [3.05, 3.63) is 193 Å². The molecule has 16 nitrogen and oxygen atoms in total. The maximum atomic E-state index is 13.5. The number of nitrogens with zero attached hydrogens (tertiary/aromatic N) is 4. The third-order valence-electron chi connectivity index (χ3n) is 7.69. The number of hydrogen-bond acceptors (Lipinski definition) is 12. The van der Waals surface area contributed by atoms with Crippen molar-refractivity contribution < 1.29 is 72.8 Å². The number of aryl methyl sites for hydroxylation is 7. The van der Waals surface area contributed by atoms with Crippen molar-refractivity contribution in [1.82, 2.24) is 0 Å². The van der Waals surface area contributed by atoms with Gasteiger partial charge in [-0.3, -0.25) is 30.3 Å². The molecule has 5 aromatic rings. The van der Waals surface area contributed by atoms with Crippen LogP contribution in [0.15, 0.2) is 83.8 Å². The van der Waals surface area contributed by atoms with Gasteiger partial charge in [-0.25, -0.2) is 13.0 Å². The van der Waals surface area contributed by atoms with Crippen LogP contribution in [0.5, 0.6) is 0 Å². The first-order valence-corrected chi connectivity index (χ1v) is 34.5. The number of thioether (sulfide) groups is 1. The monoisotopic (exact) mass is 1590 g/mol. The predicted octanol–water partition coefficient (Wildman–Crippen LogP) is 11.7. The molecule has 0 amide bonds. The summed E-state index contributed by atoms with van der Waals surface area (Å²) in [7, 11) is 0. The molecule has 0 spiro atoms. The number of nitro benzene ring substituents is 3. The fraction of sp³-hybridized carbons (Fsp3) is 0.231. The zero-order valence-electron chi connectivity index (χ0n) is 36.4. The fourth-order valence-electron chi connectivity index (χ4n) is 4.31. The molecule has 0 saturated heterocycles. The minimum absolute atomic E-state index is 0. The van der Waals surface area contributed by atoms with Crippen molar-refractivity contribution >= 4 is 136 Å². The van der Waals surface area contributed by atoms with Crippen molar-refractivity contribution in [3.8, 4) is 0 Å². The average Bonchev–Trinajstić information content (AvgIpc) is 3.22. The van der Waals surface area contributed by atoms with Gasteiger partial charge in [-0.1, -0.05) is 40.8 Å². The Morgan fingerprint density at radius 2 is 1.00 bits per heavy atom. The van der Waals surface area contributed by atoms with Crippen LogP contribution in [-0.2, 0) is 20.8 Å². The van der Waals surface area contributed by atoms with Gasteiger partial charge in [-0.05, 0) is 140 Å². The van der Waals surface area contributed by atoms with Gasteiger partial charge in [0.2, 0.25) is 17.5 Å². The number of alkyl halides is 1. The molecule has 0 aliphatic heterocycles. The molecule has 0 fully saturated rings. The van der Waals surface area contributed by atoms with Gasteiger partial charge in [0.25, 0.3) is 5.09 Å². The first-order chi connectivity index (χ1) is 31.1. The quantitative estimate of drug-likeness (QED) is 0.0304. The van der Waals surface area contributed by atoms with Gasteiger partial charge >= 0.3 is 67.5 Å². The summed E-state index contributed by atoms with van der Waals surface area (Å²) in [5, 5.41) is 45.5. The molecule has 0 heterocycles. The zero-order valence-corrected chi connectivity index (χ0v) is 49.8. The van der Waals surface area contributed by atoms with Crippen molar-refractivity contribution in [1.29, 1.82) is 0 Å². The summed E-state index contributed by atoms with van der Waals surface area (Å²) in [6.45, 7) is 12.4. The normalized spacial score (nSPS) is 9.74. The molecule has 1 unspecified atom stereocenters. The van der Waals surface area contributed by atoms with E-state index < -0.39 is 65.7 Å². The van der Waals surface area contributed by atoms with Gasteiger partial charge in [-0.2, -0.15) is 16.9 Å². The molecule has 0 radical (unpaired) electrons. The number of benzene rings is 5. The molecule has 0 aliphatic rings. The van der Waals surface area contributed by atoms with Gasteiger partial charge in [-0.15, -0.1) is 45.9 Å². The Kier molecular flexibility index (Phi) is 42.5. The smallest absolute Gasteiger partial charge is 0.291 e. The molecule has 5 rings (SSSR count). The Morgan fingerprint density at radius 1 is 0.632 bits per heavy atom. The maximum Gasteiger partial charge on any atom is 0.291 e. The van der Waals surface area contributed by atoms with E-state index in [0.717, 1.165) is 63.8 Å². The number of rotatable bonds is 7. The van der Waals surface area contributed by atoms with E-state index in [1.165, 1.54) is 36.4 Å². The molecule has 380 valence electrons. The minimum Gasteiger partial charge on any atom is -0.749 e. The standard InChI is InChI=1S/C15H12F2N2O4S.C8H8FNO2.C8H9F.C7H7F.CH3I.ClHO3S.I3.HI.HNO3/c1-8-3-11(16)13(18(20)21)5-10(8)7-24-15-6-14(19(22)23)12(17)4-9(15)2;1-5-3-7(9)8(10(11)12)4-6(5)2;1-6-3-4-8(9)5-7(6)2;1-6-3-2-4-7(8)5-6;1-2;1-4-5(2)3;1-3-2;;2-1(3)4/h3-6H,7H2,1-2H3;3-4H,1-2H3;3-5H,1-2H3;2-5H,1H3;1H3;(H,2,3);;1H;(H,2,3,4)/q;;;;;;-1;;/p-1. The second kappa shape index (κ2) is 40.1. The molecule has 29 heteroatoms. The third kappa shape index (κ3) is 32.4. The predicted molar refractivity (Wildman–Crippen MR) is 283 cm³/mol. The number of nitro groups is 3. The molecule has 1 atom stereocenters. The maximum absolute atomic E-state index is 13.5. The summed E-state index contributed by atoms with van der Waals surface area (Å²) >= 11 is 10.3. The summed E-state index contributed by atoms with van der Waals surface area (Å²) in [5.74, 6) is -2.70. The second-order valence-corrected chi connectivity index (χ2v) is 30.5. The van der Waals surface area contributed by atoms with Crippen molar-refractivity contribution in [2.24, 2.45) is 0 Å². The van der Waals surface area contributed by atoms with Crippen LogP contribution in [0.3, 0.4) is 0 Å². The van der Waals surface area contributed by atoms with Gasteiger partial charge in [0.1, 0.15) is 23.0 Å². The molecular formula is C39H41ClF5I5N4O12S2-2.